The van der Waals surface area contributed by atoms with Crippen molar-refractivity contribution in [2.24, 2.45) is 11.8 Å². The Balaban J connectivity index is 1.67. The molecule has 1 heteroatoms. The predicted octanol–water partition coefficient (Wildman–Crippen LogP) is 6.09. The zero-order valence-corrected chi connectivity index (χ0v) is 14.7. The summed E-state index contributed by atoms with van der Waals surface area (Å²) in [5.74, 6) is 1.84. The first-order valence-corrected chi connectivity index (χ1v) is 9.19. The van der Waals surface area contributed by atoms with E-state index in [1.54, 1.807) is 0 Å². The van der Waals surface area contributed by atoms with Crippen LogP contribution in [0.4, 0.5) is 0 Å². The minimum absolute atomic E-state index is 0.701. The first kappa shape index (κ1) is 18.0. The second-order valence-electron chi connectivity index (χ2n) is 6.85. The van der Waals surface area contributed by atoms with Crippen molar-refractivity contribution < 1.29 is 4.74 Å². The summed E-state index contributed by atoms with van der Waals surface area (Å²) in [6.45, 7) is 7.30. The molecule has 0 aromatic heterocycles. The van der Waals surface area contributed by atoms with Gasteiger partial charge < -0.3 is 4.74 Å². The monoisotopic (exact) mass is 312 g/mol. The third kappa shape index (κ3) is 6.74. The highest BCUT2D eigenvalue weighted by molar-refractivity contribution is 5.22. The van der Waals surface area contributed by atoms with Gasteiger partial charge in [0.15, 0.2) is 0 Å². The number of ether oxygens (including phenoxy) is 1. The molecule has 2 rings (SSSR count). The fourth-order valence-corrected chi connectivity index (χ4v) is 3.51. The molecule has 0 amide bonds. The highest BCUT2D eigenvalue weighted by Crippen LogP contribution is 2.33. The number of aryl methyl sites for hydroxylation is 1. The molecular weight excluding hydrogens is 280 g/mol. The summed E-state index contributed by atoms with van der Waals surface area (Å²) in [7, 11) is 0. The highest BCUT2D eigenvalue weighted by atomic mass is 16.5. The van der Waals surface area contributed by atoms with E-state index in [0.717, 1.165) is 11.8 Å². The van der Waals surface area contributed by atoms with Gasteiger partial charge in [-0.25, -0.2) is 0 Å². The third-order valence-electron chi connectivity index (χ3n) is 5.05. The molecule has 23 heavy (non-hydrogen) atoms. The summed E-state index contributed by atoms with van der Waals surface area (Å²) in [5, 5.41) is 0. The highest BCUT2D eigenvalue weighted by Gasteiger charge is 2.19. The van der Waals surface area contributed by atoms with E-state index in [1.807, 2.05) is 19.1 Å². The first-order valence-electron chi connectivity index (χ1n) is 9.19. The maximum absolute atomic E-state index is 5.59. The molecule has 0 bridgehead atoms. The van der Waals surface area contributed by atoms with Crippen LogP contribution in [0.15, 0.2) is 49.1 Å². The molecule has 1 aliphatic rings. The average Bonchev–Trinajstić information content (AvgIpc) is 2.59. The fourth-order valence-electron chi connectivity index (χ4n) is 3.51. The maximum atomic E-state index is 5.59. The van der Waals surface area contributed by atoms with Crippen molar-refractivity contribution in [3.63, 3.8) is 0 Å². The van der Waals surface area contributed by atoms with Gasteiger partial charge in [-0.15, -0.1) is 6.58 Å². The molecule has 0 radical (unpaired) electrons. The third-order valence-corrected chi connectivity index (χ3v) is 5.05. The molecule has 0 N–H and O–H groups in total. The molecule has 1 fully saturated rings. The van der Waals surface area contributed by atoms with Crippen molar-refractivity contribution in [3.05, 3.63) is 60.2 Å². The van der Waals surface area contributed by atoms with Crippen LogP contribution in [0.3, 0.4) is 0 Å². The zero-order valence-electron chi connectivity index (χ0n) is 14.7. The Hall–Kier alpha value is -1.34. The van der Waals surface area contributed by atoms with Gasteiger partial charge in [0.1, 0.15) is 0 Å². The van der Waals surface area contributed by atoms with Gasteiger partial charge >= 0.3 is 0 Å². The lowest BCUT2D eigenvalue weighted by Crippen LogP contribution is -2.14. The minimum Gasteiger partial charge on any atom is -0.373 e. The molecule has 0 aliphatic heterocycles. The largest absolute Gasteiger partial charge is 0.373 e. The Morgan fingerprint density at radius 3 is 2.35 bits per heavy atom. The van der Waals surface area contributed by atoms with Crippen LogP contribution in [-0.4, -0.2) is 6.61 Å². The second kappa shape index (κ2) is 10.4. The number of allylic oxidation sites excluding steroid dienone is 2. The Labute approximate surface area is 142 Å². The van der Waals surface area contributed by atoms with E-state index in [-0.39, 0.29) is 0 Å². The summed E-state index contributed by atoms with van der Waals surface area (Å²) < 4.78 is 5.59. The van der Waals surface area contributed by atoms with Crippen LogP contribution < -0.4 is 0 Å². The van der Waals surface area contributed by atoms with Gasteiger partial charge in [-0.05, 0) is 62.0 Å². The van der Waals surface area contributed by atoms with E-state index in [9.17, 15) is 0 Å². The molecule has 0 heterocycles. The summed E-state index contributed by atoms with van der Waals surface area (Å²) in [5.41, 5.74) is 2.73. The van der Waals surface area contributed by atoms with Crippen LogP contribution in [0, 0.1) is 11.8 Å². The van der Waals surface area contributed by atoms with E-state index in [1.165, 1.54) is 56.1 Å². The molecule has 0 saturated heterocycles. The van der Waals surface area contributed by atoms with E-state index >= 15 is 0 Å². The van der Waals surface area contributed by atoms with Crippen molar-refractivity contribution in [2.75, 3.05) is 6.61 Å². The summed E-state index contributed by atoms with van der Waals surface area (Å²) in [6, 6.07) is 8.98. The van der Waals surface area contributed by atoms with Crippen molar-refractivity contribution in [1.29, 1.82) is 0 Å². The normalized spacial score (nSPS) is 21.6. The summed E-state index contributed by atoms with van der Waals surface area (Å²) in [4.78, 5) is 0. The van der Waals surface area contributed by atoms with Crippen LogP contribution in [0.5, 0.6) is 0 Å². The zero-order chi connectivity index (χ0) is 16.3. The standard InChI is InChI=1S/C22H32O/c1-3-5-17-23-18-22-15-13-21(14-16-22)12-11-20-9-7-19(6-4-2)8-10-20/h3-5,13-16,19-20H,2,6-12,17-18H2,1H3/b5-3+/t19-,20-. The summed E-state index contributed by atoms with van der Waals surface area (Å²) >= 11 is 0. The Kier molecular flexibility index (Phi) is 8.17. The summed E-state index contributed by atoms with van der Waals surface area (Å²) in [6.07, 6.45) is 15.6. The number of hydrogen-bond acceptors (Lipinski definition) is 1. The molecule has 1 aliphatic carbocycles. The predicted molar refractivity (Wildman–Crippen MR) is 99.5 cm³/mol. The van der Waals surface area contributed by atoms with E-state index in [0.29, 0.717) is 13.2 Å². The van der Waals surface area contributed by atoms with Crippen LogP contribution >= 0.6 is 0 Å². The molecule has 126 valence electrons. The molecule has 1 aromatic carbocycles. The Morgan fingerprint density at radius 2 is 1.70 bits per heavy atom. The lowest BCUT2D eigenvalue weighted by Gasteiger charge is -2.27. The minimum atomic E-state index is 0.701. The van der Waals surface area contributed by atoms with Crippen molar-refractivity contribution in [3.8, 4) is 0 Å². The van der Waals surface area contributed by atoms with Crippen LogP contribution in [-0.2, 0) is 17.8 Å². The first-order chi connectivity index (χ1) is 11.3. The van der Waals surface area contributed by atoms with Crippen molar-refractivity contribution in [2.45, 2.75) is 58.5 Å². The fraction of sp³-hybridized carbons (Fsp3) is 0.545. The molecular formula is C22H32O. The SMILES string of the molecule is C=CC[C@H]1CC[C@H](CCc2ccc(COC/C=C/C)cc2)CC1. The molecule has 0 spiro atoms. The van der Waals surface area contributed by atoms with E-state index in [2.05, 4.69) is 36.9 Å². The molecule has 0 unspecified atom stereocenters. The molecule has 0 atom stereocenters. The molecule has 1 nitrogen and oxygen atoms in total. The van der Waals surface area contributed by atoms with Gasteiger partial charge in [0.05, 0.1) is 13.2 Å². The van der Waals surface area contributed by atoms with Gasteiger partial charge in [-0.3, -0.25) is 0 Å². The van der Waals surface area contributed by atoms with Gasteiger partial charge in [0, 0.05) is 0 Å². The second-order valence-corrected chi connectivity index (χ2v) is 6.85. The van der Waals surface area contributed by atoms with Gasteiger partial charge in [-0.1, -0.05) is 55.3 Å². The van der Waals surface area contributed by atoms with Gasteiger partial charge in [0.2, 0.25) is 0 Å². The lowest BCUT2D eigenvalue weighted by atomic mass is 9.78. The maximum Gasteiger partial charge on any atom is 0.0721 e. The smallest absolute Gasteiger partial charge is 0.0721 e. The Bertz CT molecular complexity index is 463. The van der Waals surface area contributed by atoms with Gasteiger partial charge in [-0.2, -0.15) is 0 Å². The topological polar surface area (TPSA) is 9.23 Å². The van der Waals surface area contributed by atoms with Gasteiger partial charge in [0.25, 0.3) is 0 Å². The molecule has 1 saturated carbocycles. The van der Waals surface area contributed by atoms with Crippen LogP contribution in [0.2, 0.25) is 0 Å². The van der Waals surface area contributed by atoms with E-state index < -0.39 is 0 Å². The Morgan fingerprint density at radius 1 is 1.04 bits per heavy atom. The number of rotatable bonds is 9. The van der Waals surface area contributed by atoms with Crippen molar-refractivity contribution >= 4 is 0 Å². The quantitative estimate of drug-likeness (QED) is 0.396. The number of hydrogen-bond donors (Lipinski definition) is 0. The van der Waals surface area contributed by atoms with E-state index in [4.69, 9.17) is 4.74 Å². The lowest BCUT2D eigenvalue weighted by molar-refractivity contribution is 0.148. The average molecular weight is 312 g/mol. The van der Waals surface area contributed by atoms with Crippen molar-refractivity contribution in [1.82, 2.24) is 0 Å². The number of benzene rings is 1. The van der Waals surface area contributed by atoms with Crippen LogP contribution in [0.1, 0.15) is 56.6 Å². The van der Waals surface area contributed by atoms with Crippen LogP contribution in [0.25, 0.3) is 0 Å². The molecule has 1 aromatic rings.